The molecule has 3 N–H and O–H groups in total. The van der Waals surface area contributed by atoms with Crippen LogP contribution >= 0.6 is 24.0 Å². The second-order valence-electron chi connectivity index (χ2n) is 5.87. The number of hydrogen-bond acceptors (Lipinski definition) is 2. The molecule has 0 spiro atoms. The standard InChI is InChI=1S/C18H26N4O.HI/c1-4-19-17(20-12-15-10-11-22(3)13-15)21-14-18(2,23)16-8-6-5-7-9-16;/h5-11,13,23H,4,12,14H2,1-3H3,(H2,19,20,21);1H. The van der Waals surface area contributed by atoms with Crippen LogP contribution in [0.1, 0.15) is 25.0 Å². The summed E-state index contributed by atoms with van der Waals surface area (Å²) in [6, 6.07) is 11.7. The highest BCUT2D eigenvalue weighted by Crippen LogP contribution is 2.18. The lowest BCUT2D eigenvalue weighted by Crippen LogP contribution is -2.44. The molecule has 0 aliphatic rings. The van der Waals surface area contributed by atoms with Crippen molar-refractivity contribution in [1.29, 1.82) is 0 Å². The summed E-state index contributed by atoms with van der Waals surface area (Å²) in [5.41, 5.74) is 1.08. The highest BCUT2D eigenvalue weighted by Gasteiger charge is 2.22. The van der Waals surface area contributed by atoms with E-state index in [4.69, 9.17) is 0 Å². The smallest absolute Gasteiger partial charge is 0.191 e. The molecule has 6 heteroatoms. The Hall–Kier alpha value is -1.54. The summed E-state index contributed by atoms with van der Waals surface area (Å²) in [6.07, 6.45) is 4.05. The fourth-order valence-corrected chi connectivity index (χ4v) is 2.32. The predicted molar refractivity (Wildman–Crippen MR) is 110 cm³/mol. The average Bonchev–Trinajstić information content (AvgIpc) is 2.96. The van der Waals surface area contributed by atoms with Gasteiger partial charge in [0.2, 0.25) is 0 Å². The maximum atomic E-state index is 10.6. The second kappa shape index (κ2) is 9.68. The largest absolute Gasteiger partial charge is 0.384 e. The third-order valence-corrected chi connectivity index (χ3v) is 3.65. The lowest BCUT2D eigenvalue weighted by Gasteiger charge is -2.25. The van der Waals surface area contributed by atoms with E-state index in [-0.39, 0.29) is 24.0 Å². The lowest BCUT2D eigenvalue weighted by molar-refractivity contribution is 0.0617. The van der Waals surface area contributed by atoms with Gasteiger partial charge in [0.05, 0.1) is 13.1 Å². The molecular weight excluding hydrogens is 415 g/mol. The van der Waals surface area contributed by atoms with E-state index >= 15 is 0 Å². The fourth-order valence-electron chi connectivity index (χ4n) is 2.32. The summed E-state index contributed by atoms with van der Waals surface area (Å²) in [7, 11) is 1.99. The molecule has 2 aromatic rings. The van der Waals surface area contributed by atoms with Crippen molar-refractivity contribution >= 4 is 29.9 Å². The first kappa shape index (κ1) is 20.5. The number of benzene rings is 1. The van der Waals surface area contributed by atoms with Crippen molar-refractivity contribution in [2.24, 2.45) is 12.0 Å². The number of aryl methyl sites for hydroxylation is 1. The van der Waals surface area contributed by atoms with Crippen LogP contribution in [0, 0.1) is 0 Å². The van der Waals surface area contributed by atoms with Crippen LogP contribution < -0.4 is 10.6 Å². The first-order chi connectivity index (χ1) is 11.0. The van der Waals surface area contributed by atoms with E-state index in [1.54, 1.807) is 6.92 Å². The van der Waals surface area contributed by atoms with E-state index in [2.05, 4.69) is 15.6 Å². The topological polar surface area (TPSA) is 61.6 Å². The van der Waals surface area contributed by atoms with Crippen molar-refractivity contribution in [3.05, 3.63) is 59.9 Å². The highest BCUT2D eigenvalue weighted by atomic mass is 127. The van der Waals surface area contributed by atoms with Gasteiger partial charge in [-0.15, -0.1) is 24.0 Å². The third-order valence-electron chi connectivity index (χ3n) is 3.65. The molecule has 0 bridgehead atoms. The minimum Gasteiger partial charge on any atom is -0.384 e. The fraction of sp³-hybridized carbons (Fsp3) is 0.389. The molecule has 1 unspecified atom stereocenters. The molecule has 0 amide bonds. The molecule has 132 valence electrons. The number of nitrogens with zero attached hydrogens (tertiary/aromatic N) is 2. The second-order valence-corrected chi connectivity index (χ2v) is 5.87. The van der Waals surface area contributed by atoms with Gasteiger partial charge in [0.15, 0.2) is 5.96 Å². The summed E-state index contributed by atoms with van der Waals surface area (Å²) in [6.45, 7) is 5.58. The molecule has 2 rings (SSSR count). The quantitative estimate of drug-likeness (QED) is 0.366. The third kappa shape index (κ3) is 6.16. The van der Waals surface area contributed by atoms with Crippen LogP contribution in [0.2, 0.25) is 0 Å². The summed E-state index contributed by atoms with van der Waals surface area (Å²) < 4.78 is 2.01. The Balaban J connectivity index is 0.00000288. The van der Waals surface area contributed by atoms with Crippen molar-refractivity contribution in [3.8, 4) is 0 Å². The zero-order valence-electron chi connectivity index (χ0n) is 14.5. The lowest BCUT2D eigenvalue weighted by atomic mass is 9.96. The summed E-state index contributed by atoms with van der Waals surface area (Å²) >= 11 is 0. The van der Waals surface area contributed by atoms with Crippen LogP contribution in [-0.4, -0.2) is 28.7 Å². The zero-order valence-corrected chi connectivity index (χ0v) is 16.8. The molecule has 24 heavy (non-hydrogen) atoms. The first-order valence-electron chi connectivity index (χ1n) is 7.92. The van der Waals surface area contributed by atoms with Crippen molar-refractivity contribution in [1.82, 2.24) is 15.2 Å². The molecule has 1 aromatic heterocycles. The van der Waals surface area contributed by atoms with Gasteiger partial charge in [0, 0.05) is 26.0 Å². The Morgan fingerprint density at radius 3 is 2.50 bits per heavy atom. The molecular formula is C18H27IN4O. The van der Waals surface area contributed by atoms with Crippen LogP contribution in [0.3, 0.4) is 0 Å². The van der Waals surface area contributed by atoms with Crippen molar-refractivity contribution in [2.75, 3.05) is 13.1 Å². The van der Waals surface area contributed by atoms with Crippen molar-refractivity contribution in [3.63, 3.8) is 0 Å². The zero-order chi connectivity index (χ0) is 16.7. The van der Waals surface area contributed by atoms with Gasteiger partial charge < -0.3 is 20.3 Å². The molecule has 0 aliphatic heterocycles. The average molecular weight is 442 g/mol. The monoisotopic (exact) mass is 442 g/mol. The molecule has 1 heterocycles. The van der Waals surface area contributed by atoms with Crippen LogP contribution in [0.4, 0.5) is 0 Å². The van der Waals surface area contributed by atoms with Crippen LogP contribution in [0.5, 0.6) is 0 Å². The molecule has 1 atom stereocenters. The van der Waals surface area contributed by atoms with Crippen molar-refractivity contribution < 1.29 is 5.11 Å². The van der Waals surface area contributed by atoms with Gasteiger partial charge in [-0.25, -0.2) is 4.99 Å². The molecule has 0 radical (unpaired) electrons. The number of rotatable bonds is 6. The Bertz CT molecular complexity index is 637. The Labute approximate surface area is 161 Å². The minimum absolute atomic E-state index is 0. The highest BCUT2D eigenvalue weighted by molar-refractivity contribution is 14.0. The Morgan fingerprint density at radius 1 is 1.21 bits per heavy atom. The van der Waals surface area contributed by atoms with Crippen molar-refractivity contribution in [2.45, 2.75) is 26.0 Å². The van der Waals surface area contributed by atoms with Crippen LogP contribution in [-0.2, 0) is 19.2 Å². The summed E-state index contributed by atoms with van der Waals surface area (Å²) in [5.74, 6) is 0.701. The van der Waals surface area contributed by atoms with E-state index in [0.29, 0.717) is 19.0 Å². The van der Waals surface area contributed by atoms with Gasteiger partial charge in [-0.1, -0.05) is 30.3 Å². The molecule has 0 saturated carbocycles. The number of halogens is 1. The SMILES string of the molecule is CCNC(=NCc1ccn(C)c1)NCC(C)(O)c1ccccc1.I. The minimum atomic E-state index is -0.954. The van der Waals surface area contributed by atoms with Gasteiger partial charge in [0.25, 0.3) is 0 Å². The number of aromatic nitrogens is 1. The summed E-state index contributed by atoms with van der Waals surface area (Å²) in [4.78, 5) is 4.56. The Kier molecular flexibility index (Phi) is 8.27. The maximum absolute atomic E-state index is 10.6. The van der Waals surface area contributed by atoms with Gasteiger partial charge in [0.1, 0.15) is 5.60 Å². The van der Waals surface area contributed by atoms with E-state index in [9.17, 15) is 5.11 Å². The number of hydrogen-bond donors (Lipinski definition) is 3. The van der Waals surface area contributed by atoms with E-state index in [1.165, 1.54) is 0 Å². The molecule has 5 nitrogen and oxygen atoms in total. The number of nitrogens with one attached hydrogen (secondary N) is 2. The predicted octanol–water partition coefficient (Wildman–Crippen LogP) is 2.61. The van der Waals surface area contributed by atoms with Gasteiger partial charge in [-0.3, -0.25) is 0 Å². The van der Waals surface area contributed by atoms with E-state index in [1.807, 2.05) is 67.3 Å². The molecule has 1 aromatic carbocycles. The summed E-state index contributed by atoms with van der Waals surface area (Å²) in [5, 5.41) is 17.1. The first-order valence-corrected chi connectivity index (χ1v) is 7.92. The van der Waals surface area contributed by atoms with Crippen LogP contribution in [0.15, 0.2) is 53.8 Å². The maximum Gasteiger partial charge on any atom is 0.191 e. The molecule has 0 saturated heterocycles. The van der Waals surface area contributed by atoms with Gasteiger partial charge in [-0.2, -0.15) is 0 Å². The van der Waals surface area contributed by atoms with Gasteiger partial charge >= 0.3 is 0 Å². The Morgan fingerprint density at radius 2 is 1.92 bits per heavy atom. The number of aliphatic imine (C=N–C) groups is 1. The van der Waals surface area contributed by atoms with Gasteiger partial charge in [-0.05, 0) is 31.0 Å². The van der Waals surface area contributed by atoms with Crippen LogP contribution in [0.25, 0.3) is 0 Å². The molecule has 0 fully saturated rings. The van der Waals surface area contributed by atoms with E-state index in [0.717, 1.165) is 17.7 Å². The normalized spacial score (nSPS) is 13.8. The van der Waals surface area contributed by atoms with E-state index < -0.39 is 5.60 Å². The number of guanidine groups is 1. The number of aliphatic hydroxyl groups is 1. The molecule has 0 aliphatic carbocycles.